The zero-order valence-electron chi connectivity index (χ0n) is 9.27. The van der Waals surface area contributed by atoms with Crippen LogP contribution in [-0.2, 0) is 9.47 Å². The second kappa shape index (κ2) is 6.18. The van der Waals surface area contributed by atoms with Crippen molar-refractivity contribution in [1.29, 1.82) is 0 Å². The zero-order chi connectivity index (χ0) is 11.2. The molecule has 0 atom stereocenters. The fraction of sp³-hybridized carbons (Fsp3) is 0.800. The lowest BCUT2D eigenvalue weighted by atomic mass is 10.5. The van der Waals surface area contributed by atoms with E-state index in [1.807, 2.05) is 4.90 Å². The standard InChI is InChI=1S/C10H17ClN3O2/c11-10(14-3-7-16-8-4-14)12-9-13-1-5-15-6-2-13/h9H,1-8H2/q+1. The SMILES string of the molecule is ClC(=NC=[N+]1CCOCC1)N1CCOCC1. The zero-order valence-corrected chi connectivity index (χ0v) is 10.0. The molecule has 2 aliphatic heterocycles. The Bertz CT molecular complexity index is 280. The summed E-state index contributed by atoms with van der Waals surface area (Å²) in [4.78, 5) is 6.30. The molecule has 90 valence electrons. The third-order valence-electron chi connectivity index (χ3n) is 2.65. The van der Waals surface area contributed by atoms with Gasteiger partial charge < -0.3 is 14.4 Å². The van der Waals surface area contributed by atoms with E-state index in [2.05, 4.69) is 9.57 Å². The second-order valence-electron chi connectivity index (χ2n) is 3.76. The molecular weight excluding hydrogens is 230 g/mol. The van der Waals surface area contributed by atoms with Crippen LogP contribution in [0.2, 0.25) is 0 Å². The van der Waals surface area contributed by atoms with Gasteiger partial charge in [0.15, 0.2) is 0 Å². The summed E-state index contributed by atoms with van der Waals surface area (Å²) in [6.45, 7) is 6.39. The van der Waals surface area contributed by atoms with E-state index in [9.17, 15) is 0 Å². The van der Waals surface area contributed by atoms with Gasteiger partial charge in [-0.2, -0.15) is 0 Å². The monoisotopic (exact) mass is 246 g/mol. The highest BCUT2D eigenvalue weighted by molar-refractivity contribution is 6.65. The van der Waals surface area contributed by atoms with Crippen molar-refractivity contribution >= 4 is 23.2 Å². The molecule has 0 N–H and O–H groups in total. The average molecular weight is 247 g/mol. The van der Waals surface area contributed by atoms with Crippen LogP contribution in [0.1, 0.15) is 0 Å². The number of morpholine rings is 2. The van der Waals surface area contributed by atoms with Crippen molar-refractivity contribution in [2.75, 3.05) is 52.6 Å². The van der Waals surface area contributed by atoms with Crippen molar-refractivity contribution in [3.8, 4) is 0 Å². The van der Waals surface area contributed by atoms with Crippen LogP contribution in [0, 0.1) is 0 Å². The summed E-state index contributed by atoms with van der Waals surface area (Å²) >= 11 is 6.11. The molecule has 2 saturated heterocycles. The first-order chi connectivity index (χ1) is 7.86. The lowest BCUT2D eigenvalue weighted by molar-refractivity contribution is -0.545. The predicted octanol–water partition coefficient (Wildman–Crippen LogP) is -0.0156. The lowest BCUT2D eigenvalue weighted by Gasteiger charge is -2.24. The van der Waals surface area contributed by atoms with Crippen LogP contribution >= 0.6 is 11.6 Å². The molecule has 2 fully saturated rings. The molecule has 0 amide bonds. The van der Waals surface area contributed by atoms with Gasteiger partial charge in [-0.25, -0.2) is 0 Å². The third-order valence-corrected chi connectivity index (χ3v) is 2.98. The highest BCUT2D eigenvalue weighted by Gasteiger charge is 2.16. The largest absolute Gasteiger partial charge is 0.378 e. The van der Waals surface area contributed by atoms with E-state index in [-0.39, 0.29) is 0 Å². The Morgan fingerprint density at radius 2 is 1.75 bits per heavy atom. The molecule has 16 heavy (non-hydrogen) atoms. The van der Waals surface area contributed by atoms with Crippen LogP contribution in [0.4, 0.5) is 0 Å². The van der Waals surface area contributed by atoms with Crippen LogP contribution in [0.25, 0.3) is 0 Å². The second-order valence-corrected chi connectivity index (χ2v) is 4.10. The fourth-order valence-electron chi connectivity index (χ4n) is 1.65. The van der Waals surface area contributed by atoms with Crippen LogP contribution in [0.15, 0.2) is 4.99 Å². The Kier molecular flexibility index (Phi) is 4.56. The Morgan fingerprint density at radius 3 is 2.44 bits per heavy atom. The van der Waals surface area contributed by atoms with Crippen molar-refractivity contribution in [2.45, 2.75) is 0 Å². The minimum atomic E-state index is 0.551. The number of rotatable bonds is 1. The Labute approximate surface area is 100 Å². The number of hydrogen-bond acceptors (Lipinski definition) is 2. The Morgan fingerprint density at radius 1 is 1.12 bits per heavy atom. The van der Waals surface area contributed by atoms with Gasteiger partial charge in [-0.3, -0.25) is 4.58 Å². The highest BCUT2D eigenvalue weighted by Crippen LogP contribution is 2.01. The van der Waals surface area contributed by atoms with Gasteiger partial charge in [0, 0.05) is 13.1 Å². The Hall–Kier alpha value is -0.650. The molecule has 0 bridgehead atoms. The normalized spacial score (nSPS) is 23.4. The molecular formula is C10H17ClN3O2+. The maximum atomic E-state index is 6.11. The number of amidine groups is 1. The highest BCUT2D eigenvalue weighted by atomic mass is 35.5. The number of halogens is 1. The molecule has 0 radical (unpaired) electrons. The minimum Gasteiger partial charge on any atom is -0.378 e. The summed E-state index contributed by atoms with van der Waals surface area (Å²) in [6, 6.07) is 0. The maximum absolute atomic E-state index is 6.11. The van der Waals surface area contributed by atoms with Gasteiger partial charge in [0.1, 0.15) is 13.1 Å². The number of ether oxygens (including phenoxy) is 2. The molecule has 0 aromatic carbocycles. The van der Waals surface area contributed by atoms with E-state index < -0.39 is 0 Å². The summed E-state index contributed by atoms with van der Waals surface area (Å²) in [5.41, 5.74) is 0. The van der Waals surface area contributed by atoms with Crippen LogP contribution in [0.3, 0.4) is 0 Å². The Balaban J connectivity index is 1.89. The molecule has 0 unspecified atom stereocenters. The molecule has 0 aliphatic carbocycles. The molecule has 2 rings (SSSR count). The van der Waals surface area contributed by atoms with Crippen LogP contribution < -0.4 is 0 Å². The molecule has 5 nitrogen and oxygen atoms in total. The first-order valence-corrected chi connectivity index (χ1v) is 5.95. The minimum absolute atomic E-state index is 0.551. The first-order valence-electron chi connectivity index (χ1n) is 5.57. The molecule has 0 aromatic heterocycles. The topological polar surface area (TPSA) is 37.1 Å². The maximum Gasteiger partial charge on any atom is 0.312 e. The van der Waals surface area contributed by atoms with E-state index in [4.69, 9.17) is 21.1 Å². The van der Waals surface area contributed by atoms with E-state index in [0.717, 1.165) is 52.6 Å². The van der Waals surface area contributed by atoms with Gasteiger partial charge in [0.25, 0.3) is 6.34 Å². The van der Waals surface area contributed by atoms with E-state index >= 15 is 0 Å². The summed E-state index contributed by atoms with van der Waals surface area (Å²) in [5, 5.41) is 0.551. The molecule has 0 spiro atoms. The molecule has 2 heterocycles. The van der Waals surface area contributed by atoms with Crippen LogP contribution in [0.5, 0.6) is 0 Å². The number of hydrogen-bond donors (Lipinski definition) is 0. The van der Waals surface area contributed by atoms with Gasteiger partial charge >= 0.3 is 5.29 Å². The summed E-state index contributed by atoms with van der Waals surface area (Å²) in [5.74, 6) is 0. The lowest BCUT2D eigenvalue weighted by Crippen LogP contribution is -2.38. The summed E-state index contributed by atoms with van der Waals surface area (Å²) in [6.07, 6.45) is 1.81. The van der Waals surface area contributed by atoms with Crippen molar-refractivity contribution in [3.63, 3.8) is 0 Å². The predicted molar refractivity (Wildman–Crippen MR) is 62.6 cm³/mol. The first kappa shape index (κ1) is 11.8. The summed E-state index contributed by atoms with van der Waals surface area (Å²) in [7, 11) is 0. The molecule has 0 aromatic rings. The van der Waals surface area contributed by atoms with Crippen molar-refractivity contribution < 1.29 is 14.0 Å². The van der Waals surface area contributed by atoms with E-state index in [1.54, 1.807) is 6.34 Å². The quantitative estimate of drug-likeness (QED) is 0.283. The third kappa shape index (κ3) is 3.43. The van der Waals surface area contributed by atoms with Crippen LogP contribution in [-0.4, -0.2) is 73.7 Å². The summed E-state index contributed by atoms with van der Waals surface area (Å²) < 4.78 is 12.6. The molecule has 0 saturated carbocycles. The van der Waals surface area contributed by atoms with Gasteiger partial charge in [-0.1, -0.05) is 0 Å². The molecule has 2 aliphatic rings. The van der Waals surface area contributed by atoms with E-state index in [1.165, 1.54) is 0 Å². The van der Waals surface area contributed by atoms with Gasteiger partial charge in [-0.15, -0.1) is 0 Å². The van der Waals surface area contributed by atoms with Gasteiger partial charge in [0.2, 0.25) is 0 Å². The fourth-order valence-corrected chi connectivity index (χ4v) is 1.86. The van der Waals surface area contributed by atoms with Gasteiger partial charge in [-0.05, 0) is 16.6 Å². The van der Waals surface area contributed by atoms with Crippen molar-refractivity contribution in [3.05, 3.63) is 0 Å². The van der Waals surface area contributed by atoms with Crippen molar-refractivity contribution in [2.24, 2.45) is 4.99 Å². The molecule has 6 heteroatoms. The van der Waals surface area contributed by atoms with Crippen molar-refractivity contribution in [1.82, 2.24) is 4.90 Å². The van der Waals surface area contributed by atoms with Gasteiger partial charge in [0.05, 0.1) is 26.4 Å². The van der Waals surface area contributed by atoms with E-state index in [0.29, 0.717) is 5.29 Å². The number of aliphatic imine (C=N–C) groups is 1. The average Bonchev–Trinajstić information content (AvgIpc) is 2.38. The number of nitrogens with zero attached hydrogens (tertiary/aromatic N) is 3. The smallest absolute Gasteiger partial charge is 0.312 e.